The van der Waals surface area contributed by atoms with Crippen molar-refractivity contribution in [1.82, 2.24) is 10.2 Å². The van der Waals surface area contributed by atoms with Crippen LogP contribution in [0.3, 0.4) is 0 Å². The van der Waals surface area contributed by atoms with Gasteiger partial charge in [-0.15, -0.1) is 23.2 Å². The average Bonchev–Trinajstić information content (AvgIpc) is 3.05. The van der Waals surface area contributed by atoms with Crippen LogP contribution in [-0.2, 0) is 4.79 Å². The molecule has 0 aromatic rings. The number of allylic oxidation sites excluding steroid dienone is 1. The fourth-order valence-electron chi connectivity index (χ4n) is 7.83. The minimum absolute atomic E-state index is 0.114. The van der Waals surface area contributed by atoms with E-state index in [1.807, 2.05) is 4.90 Å². The molecule has 0 radical (unpaired) electrons. The molecule has 4 nitrogen and oxygen atoms in total. The zero-order valence-corrected chi connectivity index (χ0v) is 20.7. The smallest absolute Gasteiger partial charge is 0.234 e. The monoisotopic (exact) mass is 470 g/mol. The van der Waals surface area contributed by atoms with Crippen molar-refractivity contribution in [1.29, 1.82) is 0 Å². The Kier molecular flexibility index (Phi) is 7.33. The third-order valence-corrected chi connectivity index (χ3v) is 9.92. The van der Waals surface area contributed by atoms with Gasteiger partial charge in [0.1, 0.15) is 0 Å². The van der Waals surface area contributed by atoms with E-state index in [-0.39, 0.29) is 28.9 Å². The topological polar surface area (TPSA) is 52.6 Å². The van der Waals surface area contributed by atoms with Crippen molar-refractivity contribution in [2.75, 3.05) is 31.4 Å². The summed E-state index contributed by atoms with van der Waals surface area (Å²) in [5.74, 6) is 3.27. The maximum atomic E-state index is 12.9. The zero-order chi connectivity index (χ0) is 22.2. The molecule has 0 aromatic heterocycles. The summed E-state index contributed by atoms with van der Waals surface area (Å²) in [4.78, 5) is 14.9. The molecule has 0 spiro atoms. The number of alkyl halides is 2. The van der Waals surface area contributed by atoms with Gasteiger partial charge in [-0.3, -0.25) is 9.69 Å². The molecule has 0 bridgehead atoms. The van der Waals surface area contributed by atoms with Crippen molar-refractivity contribution in [2.24, 2.45) is 28.6 Å². The van der Waals surface area contributed by atoms with E-state index < -0.39 is 0 Å². The van der Waals surface area contributed by atoms with E-state index in [1.54, 1.807) is 0 Å². The predicted octanol–water partition coefficient (Wildman–Crippen LogP) is 4.57. The Bertz CT molecular complexity index is 695. The minimum atomic E-state index is -0.145. The molecule has 4 rings (SSSR count). The number of hydrogen-bond donors (Lipinski definition) is 2. The van der Waals surface area contributed by atoms with Crippen LogP contribution in [0, 0.1) is 28.6 Å². The van der Waals surface area contributed by atoms with Crippen LogP contribution >= 0.6 is 23.2 Å². The van der Waals surface area contributed by atoms with Crippen LogP contribution in [0.5, 0.6) is 0 Å². The molecule has 2 N–H and O–H groups in total. The lowest BCUT2D eigenvalue weighted by Gasteiger charge is -2.58. The lowest BCUT2D eigenvalue weighted by Crippen LogP contribution is -2.54. The summed E-state index contributed by atoms with van der Waals surface area (Å²) < 4.78 is 0. The molecule has 0 saturated heterocycles. The van der Waals surface area contributed by atoms with Gasteiger partial charge in [-0.05, 0) is 80.0 Å². The van der Waals surface area contributed by atoms with E-state index in [9.17, 15) is 9.90 Å². The van der Waals surface area contributed by atoms with Crippen LogP contribution < -0.4 is 5.32 Å². The van der Waals surface area contributed by atoms with Gasteiger partial charge in [0.2, 0.25) is 5.91 Å². The van der Waals surface area contributed by atoms with E-state index in [4.69, 9.17) is 23.2 Å². The lowest BCUT2D eigenvalue weighted by molar-refractivity contribution is -0.124. The Morgan fingerprint density at radius 2 is 1.87 bits per heavy atom. The van der Waals surface area contributed by atoms with Crippen LogP contribution in [0.25, 0.3) is 0 Å². The van der Waals surface area contributed by atoms with Crippen molar-refractivity contribution in [3.05, 3.63) is 11.6 Å². The largest absolute Gasteiger partial charge is 0.393 e. The highest BCUT2D eigenvalue weighted by molar-refractivity contribution is 6.18. The Labute approximate surface area is 198 Å². The van der Waals surface area contributed by atoms with Crippen LogP contribution in [0.4, 0.5) is 0 Å². The molecule has 7 atom stereocenters. The number of aliphatic hydroxyl groups is 1. The first kappa shape index (κ1) is 23.9. The molecule has 3 saturated carbocycles. The number of fused-ring (bicyclic) bond motifs is 5. The summed E-state index contributed by atoms with van der Waals surface area (Å²) in [7, 11) is 0. The van der Waals surface area contributed by atoms with Gasteiger partial charge in [-0.1, -0.05) is 25.5 Å². The number of nitrogens with one attached hydrogen (secondary N) is 1. The third kappa shape index (κ3) is 4.44. The average molecular weight is 472 g/mol. The van der Waals surface area contributed by atoms with Gasteiger partial charge in [-0.2, -0.15) is 0 Å². The van der Waals surface area contributed by atoms with Crippen LogP contribution in [0.15, 0.2) is 11.6 Å². The molecule has 6 heteroatoms. The van der Waals surface area contributed by atoms with E-state index in [1.165, 1.54) is 24.8 Å². The summed E-state index contributed by atoms with van der Waals surface area (Å²) in [6, 6.07) is 0.270. The Hall–Kier alpha value is -0.290. The van der Waals surface area contributed by atoms with E-state index in [0.717, 1.165) is 38.0 Å². The van der Waals surface area contributed by atoms with Crippen LogP contribution in [0.2, 0.25) is 0 Å². The first-order chi connectivity index (χ1) is 14.8. The molecule has 4 aliphatic rings. The molecular formula is C25H40Cl2N2O2. The maximum Gasteiger partial charge on any atom is 0.234 e. The first-order valence-electron chi connectivity index (χ1n) is 12.3. The summed E-state index contributed by atoms with van der Waals surface area (Å²) in [5, 5.41) is 13.6. The normalized spacial score (nSPS) is 41.9. The van der Waals surface area contributed by atoms with Gasteiger partial charge >= 0.3 is 0 Å². The number of hydrogen-bond acceptors (Lipinski definition) is 3. The standard InChI is InChI=1S/C25H40Cl2N2O2/c1-24-9-7-18(30)15-17(24)3-4-19-20-5-6-22(25(20,2)10-8-21(19)24)28-23(31)16-29(13-11-26)14-12-27/h3,18-22,30H,4-16H2,1-2H3,(H,28,31)/t18-,19+,20+,21+,22-,24+,25+/m1/s1. The van der Waals surface area contributed by atoms with Crippen molar-refractivity contribution in [3.8, 4) is 0 Å². The van der Waals surface area contributed by atoms with Gasteiger partial charge < -0.3 is 10.4 Å². The second-order valence-electron chi connectivity index (χ2n) is 11.1. The maximum absolute atomic E-state index is 12.9. The summed E-state index contributed by atoms with van der Waals surface area (Å²) in [5.41, 5.74) is 1.99. The molecule has 0 heterocycles. The first-order valence-corrected chi connectivity index (χ1v) is 13.4. The Morgan fingerprint density at radius 1 is 1.13 bits per heavy atom. The number of carbonyl (C=O) groups is 1. The fraction of sp³-hybridized carbons (Fsp3) is 0.880. The van der Waals surface area contributed by atoms with E-state index in [0.29, 0.717) is 43.2 Å². The number of rotatable bonds is 7. The fourth-order valence-corrected chi connectivity index (χ4v) is 8.31. The molecule has 0 unspecified atom stereocenters. The van der Waals surface area contributed by atoms with Crippen molar-refractivity contribution >= 4 is 29.1 Å². The predicted molar refractivity (Wildman–Crippen MR) is 128 cm³/mol. The highest BCUT2D eigenvalue weighted by atomic mass is 35.5. The molecule has 3 fully saturated rings. The SMILES string of the molecule is C[C@]12CC[C@H]3[C@@H](CC=C4C[C@H](O)CC[C@@]43C)[C@@H]1CC[C@H]2NC(=O)CN(CCCl)CCCl. The molecule has 1 amide bonds. The number of aliphatic hydroxyl groups excluding tert-OH is 1. The summed E-state index contributed by atoms with van der Waals surface area (Å²) in [6.07, 6.45) is 11.2. The third-order valence-electron chi connectivity index (χ3n) is 9.58. The van der Waals surface area contributed by atoms with Crippen LogP contribution in [0.1, 0.15) is 65.2 Å². The van der Waals surface area contributed by atoms with Gasteiger partial charge in [0, 0.05) is 30.9 Å². The summed E-state index contributed by atoms with van der Waals surface area (Å²) in [6.45, 7) is 6.68. The van der Waals surface area contributed by atoms with Gasteiger partial charge in [0.25, 0.3) is 0 Å². The minimum Gasteiger partial charge on any atom is -0.393 e. The molecule has 4 aliphatic carbocycles. The lowest BCUT2D eigenvalue weighted by atomic mass is 9.48. The summed E-state index contributed by atoms with van der Waals surface area (Å²) >= 11 is 11.8. The quantitative estimate of drug-likeness (QED) is 0.422. The van der Waals surface area contributed by atoms with Gasteiger partial charge in [0.15, 0.2) is 0 Å². The Morgan fingerprint density at radius 3 is 2.58 bits per heavy atom. The highest BCUT2D eigenvalue weighted by Gasteiger charge is 2.58. The molecule has 176 valence electrons. The number of nitrogens with zero attached hydrogens (tertiary/aromatic N) is 1. The van der Waals surface area contributed by atoms with E-state index in [2.05, 4.69) is 25.2 Å². The van der Waals surface area contributed by atoms with Crippen LogP contribution in [-0.4, -0.2) is 59.5 Å². The number of halogens is 2. The number of amides is 1. The van der Waals surface area contributed by atoms with Crippen molar-refractivity contribution in [3.63, 3.8) is 0 Å². The highest BCUT2D eigenvalue weighted by Crippen LogP contribution is 2.64. The van der Waals surface area contributed by atoms with Gasteiger partial charge in [0.05, 0.1) is 12.6 Å². The molecule has 31 heavy (non-hydrogen) atoms. The second-order valence-corrected chi connectivity index (χ2v) is 11.8. The van der Waals surface area contributed by atoms with Crippen molar-refractivity contribution < 1.29 is 9.90 Å². The van der Waals surface area contributed by atoms with Crippen molar-refractivity contribution in [2.45, 2.75) is 77.4 Å². The zero-order valence-electron chi connectivity index (χ0n) is 19.2. The molecule has 0 aromatic carbocycles. The molecule has 0 aliphatic heterocycles. The molecular weight excluding hydrogens is 431 g/mol. The number of carbonyl (C=O) groups excluding carboxylic acids is 1. The Balaban J connectivity index is 1.44. The van der Waals surface area contributed by atoms with Gasteiger partial charge in [-0.25, -0.2) is 0 Å². The van der Waals surface area contributed by atoms with E-state index >= 15 is 0 Å². The second kappa shape index (κ2) is 9.52.